The number of benzene rings is 2. The first-order valence-electron chi connectivity index (χ1n) is 6.59. The summed E-state index contributed by atoms with van der Waals surface area (Å²) >= 11 is 6.21. The van der Waals surface area contributed by atoms with Gasteiger partial charge in [0.15, 0.2) is 11.5 Å². The van der Waals surface area contributed by atoms with Gasteiger partial charge < -0.3 is 9.47 Å². The van der Waals surface area contributed by atoms with Crippen LogP contribution < -0.4 is 14.9 Å². The number of anilines is 1. The van der Waals surface area contributed by atoms with Crippen LogP contribution in [0.3, 0.4) is 0 Å². The van der Waals surface area contributed by atoms with E-state index in [4.69, 9.17) is 21.1 Å². The minimum absolute atomic E-state index is 0.550. The highest BCUT2D eigenvalue weighted by atomic mass is 35.5. The van der Waals surface area contributed by atoms with Crippen molar-refractivity contribution < 1.29 is 9.47 Å². The molecule has 5 heteroatoms. The van der Waals surface area contributed by atoms with Crippen LogP contribution in [0.1, 0.15) is 12.5 Å². The molecule has 0 atom stereocenters. The molecule has 110 valence electrons. The van der Waals surface area contributed by atoms with Crippen LogP contribution in [0.15, 0.2) is 47.6 Å². The number of halogens is 1. The average Bonchev–Trinajstić information content (AvgIpc) is 2.51. The summed E-state index contributed by atoms with van der Waals surface area (Å²) < 4.78 is 10.8. The van der Waals surface area contributed by atoms with Crippen molar-refractivity contribution in [1.29, 1.82) is 0 Å². The smallest absolute Gasteiger partial charge is 0.162 e. The van der Waals surface area contributed by atoms with Gasteiger partial charge in [-0.05, 0) is 25.1 Å². The molecule has 0 saturated heterocycles. The highest BCUT2D eigenvalue weighted by molar-refractivity contribution is 6.33. The summed E-state index contributed by atoms with van der Waals surface area (Å²) in [7, 11) is 1.58. The van der Waals surface area contributed by atoms with Crippen LogP contribution in [0.2, 0.25) is 5.02 Å². The Morgan fingerprint density at radius 3 is 2.62 bits per heavy atom. The van der Waals surface area contributed by atoms with Crippen LogP contribution in [-0.2, 0) is 0 Å². The number of hydrogen-bond acceptors (Lipinski definition) is 4. The van der Waals surface area contributed by atoms with E-state index < -0.39 is 0 Å². The van der Waals surface area contributed by atoms with Crippen LogP contribution in [0.4, 0.5) is 5.69 Å². The van der Waals surface area contributed by atoms with Crippen LogP contribution in [0.25, 0.3) is 0 Å². The molecule has 2 aromatic carbocycles. The van der Waals surface area contributed by atoms with E-state index in [1.165, 1.54) is 0 Å². The molecule has 2 rings (SSSR count). The average molecular weight is 305 g/mol. The largest absolute Gasteiger partial charge is 0.493 e. The van der Waals surface area contributed by atoms with Gasteiger partial charge in [0, 0.05) is 11.6 Å². The predicted molar refractivity (Wildman–Crippen MR) is 86.8 cm³/mol. The first-order chi connectivity index (χ1) is 10.2. The van der Waals surface area contributed by atoms with Gasteiger partial charge in [-0.15, -0.1) is 0 Å². The molecular weight excluding hydrogens is 288 g/mol. The summed E-state index contributed by atoms with van der Waals surface area (Å²) in [6.07, 6.45) is 1.65. The molecule has 0 radical (unpaired) electrons. The maximum Gasteiger partial charge on any atom is 0.162 e. The van der Waals surface area contributed by atoms with E-state index in [1.807, 2.05) is 37.3 Å². The molecule has 0 heterocycles. The first-order valence-corrected chi connectivity index (χ1v) is 6.97. The lowest BCUT2D eigenvalue weighted by molar-refractivity contribution is 0.311. The second-order valence-corrected chi connectivity index (χ2v) is 4.60. The summed E-state index contributed by atoms with van der Waals surface area (Å²) in [5.74, 6) is 1.25. The monoisotopic (exact) mass is 304 g/mol. The van der Waals surface area contributed by atoms with Crippen molar-refractivity contribution in [3.8, 4) is 11.5 Å². The zero-order chi connectivity index (χ0) is 15.1. The minimum Gasteiger partial charge on any atom is -0.493 e. The van der Waals surface area contributed by atoms with Crippen LogP contribution in [-0.4, -0.2) is 19.9 Å². The van der Waals surface area contributed by atoms with E-state index >= 15 is 0 Å². The van der Waals surface area contributed by atoms with E-state index in [9.17, 15) is 0 Å². The lowest BCUT2D eigenvalue weighted by Gasteiger charge is -2.11. The molecular formula is C16H17ClN2O2. The lowest BCUT2D eigenvalue weighted by Crippen LogP contribution is -1.98. The summed E-state index contributed by atoms with van der Waals surface area (Å²) in [6, 6.07) is 13.2. The molecule has 0 amide bonds. The molecule has 0 bridgehead atoms. The molecule has 0 spiro atoms. The highest BCUT2D eigenvalue weighted by Gasteiger charge is 2.09. The number of nitrogens with zero attached hydrogens (tertiary/aromatic N) is 1. The highest BCUT2D eigenvalue weighted by Crippen LogP contribution is 2.32. The molecule has 0 unspecified atom stereocenters. The third kappa shape index (κ3) is 4.13. The molecule has 0 saturated carbocycles. The Hall–Kier alpha value is -2.20. The number of para-hydroxylation sites is 1. The van der Waals surface area contributed by atoms with Gasteiger partial charge in [0.25, 0.3) is 0 Å². The van der Waals surface area contributed by atoms with Crippen molar-refractivity contribution in [2.75, 3.05) is 19.1 Å². The van der Waals surface area contributed by atoms with Gasteiger partial charge in [-0.1, -0.05) is 29.8 Å². The van der Waals surface area contributed by atoms with E-state index in [-0.39, 0.29) is 0 Å². The summed E-state index contributed by atoms with van der Waals surface area (Å²) in [6.45, 7) is 2.47. The van der Waals surface area contributed by atoms with Crippen molar-refractivity contribution in [3.05, 3.63) is 53.1 Å². The second-order valence-electron chi connectivity index (χ2n) is 4.19. The molecule has 2 aromatic rings. The fraction of sp³-hybridized carbons (Fsp3) is 0.188. The fourth-order valence-electron chi connectivity index (χ4n) is 1.77. The number of hydrazone groups is 1. The van der Waals surface area contributed by atoms with Crippen molar-refractivity contribution in [2.24, 2.45) is 5.10 Å². The van der Waals surface area contributed by atoms with Gasteiger partial charge in [-0.25, -0.2) is 0 Å². The Balaban J connectivity index is 2.17. The van der Waals surface area contributed by atoms with Gasteiger partial charge in [-0.2, -0.15) is 5.10 Å². The summed E-state index contributed by atoms with van der Waals surface area (Å²) in [4.78, 5) is 0. The topological polar surface area (TPSA) is 42.8 Å². The normalized spacial score (nSPS) is 10.6. The molecule has 21 heavy (non-hydrogen) atoms. The van der Waals surface area contributed by atoms with Gasteiger partial charge in [-0.3, -0.25) is 5.43 Å². The Bertz CT molecular complexity index is 615. The molecule has 0 aliphatic rings. The summed E-state index contributed by atoms with van der Waals surface area (Å²) in [5.41, 5.74) is 4.60. The zero-order valence-electron chi connectivity index (χ0n) is 12.0. The Morgan fingerprint density at radius 1 is 1.19 bits per heavy atom. The molecule has 0 aromatic heterocycles. The fourth-order valence-corrected chi connectivity index (χ4v) is 1.97. The maximum absolute atomic E-state index is 6.21. The van der Waals surface area contributed by atoms with Crippen molar-refractivity contribution in [1.82, 2.24) is 0 Å². The number of nitrogens with one attached hydrogen (secondary N) is 1. The third-order valence-corrected chi connectivity index (χ3v) is 3.08. The van der Waals surface area contributed by atoms with Crippen molar-refractivity contribution in [3.63, 3.8) is 0 Å². The number of hydrogen-bond donors (Lipinski definition) is 1. The maximum atomic E-state index is 6.21. The number of rotatable bonds is 6. The molecule has 0 aliphatic carbocycles. The molecule has 0 aliphatic heterocycles. The number of methoxy groups -OCH3 is 1. The quantitative estimate of drug-likeness (QED) is 0.642. The van der Waals surface area contributed by atoms with Crippen LogP contribution in [0, 0.1) is 0 Å². The van der Waals surface area contributed by atoms with E-state index in [1.54, 1.807) is 25.5 Å². The van der Waals surface area contributed by atoms with Gasteiger partial charge in [0.1, 0.15) is 0 Å². The standard InChI is InChI=1S/C16H17ClN2O2/c1-3-21-16-9-12(14(17)10-15(16)20-2)11-18-19-13-7-5-4-6-8-13/h4-11,19H,3H2,1-2H3. The van der Waals surface area contributed by atoms with E-state index in [0.29, 0.717) is 23.1 Å². The Morgan fingerprint density at radius 2 is 1.95 bits per heavy atom. The van der Waals surface area contributed by atoms with Crippen molar-refractivity contribution >= 4 is 23.5 Å². The lowest BCUT2D eigenvalue weighted by atomic mass is 10.2. The SMILES string of the molecule is CCOc1cc(C=NNc2ccccc2)c(Cl)cc1OC. The minimum atomic E-state index is 0.550. The van der Waals surface area contributed by atoms with Gasteiger partial charge in [0.2, 0.25) is 0 Å². The Labute approximate surface area is 129 Å². The molecule has 1 N–H and O–H groups in total. The van der Waals surface area contributed by atoms with Crippen molar-refractivity contribution in [2.45, 2.75) is 6.92 Å². The molecule has 4 nitrogen and oxygen atoms in total. The first kappa shape index (κ1) is 15.2. The third-order valence-electron chi connectivity index (χ3n) is 2.75. The van der Waals surface area contributed by atoms with Crippen LogP contribution in [0.5, 0.6) is 11.5 Å². The molecule has 0 fully saturated rings. The van der Waals surface area contributed by atoms with E-state index in [0.717, 1.165) is 11.3 Å². The van der Waals surface area contributed by atoms with Gasteiger partial charge >= 0.3 is 0 Å². The second kappa shape index (κ2) is 7.55. The van der Waals surface area contributed by atoms with E-state index in [2.05, 4.69) is 10.5 Å². The number of ether oxygens (including phenoxy) is 2. The predicted octanol–water partition coefficient (Wildman–Crippen LogP) is 4.19. The summed E-state index contributed by atoms with van der Waals surface area (Å²) in [5, 5.41) is 4.72. The van der Waals surface area contributed by atoms with Gasteiger partial charge in [0.05, 0.1) is 30.6 Å². The zero-order valence-corrected chi connectivity index (χ0v) is 12.7. The Kier molecular flexibility index (Phi) is 5.46. The van der Waals surface area contributed by atoms with Crippen LogP contribution >= 0.6 is 11.6 Å².